The minimum atomic E-state index is -0.990. The lowest BCUT2D eigenvalue weighted by atomic mass is 9.83. The molecule has 0 bridgehead atoms. The van der Waals surface area contributed by atoms with E-state index < -0.39 is 36.2 Å². The van der Waals surface area contributed by atoms with Crippen LogP contribution in [0.1, 0.15) is 34.1 Å². The van der Waals surface area contributed by atoms with E-state index in [0.717, 1.165) is 0 Å². The first kappa shape index (κ1) is 19.8. The highest BCUT2D eigenvalue weighted by Gasteiger charge is 2.48. The monoisotopic (exact) mass is 360 g/mol. The van der Waals surface area contributed by atoms with Crippen LogP contribution in [-0.4, -0.2) is 41.1 Å². The molecule has 1 aliphatic heterocycles. The Labute approximate surface area is 152 Å². The van der Waals surface area contributed by atoms with Crippen molar-refractivity contribution >= 4 is 17.7 Å². The number of hydrogen-bond acceptors (Lipinski definition) is 6. The zero-order chi connectivity index (χ0) is 19.6. The van der Waals surface area contributed by atoms with Gasteiger partial charge in [-0.25, -0.2) is 9.59 Å². The van der Waals surface area contributed by atoms with Crippen LogP contribution in [0.5, 0.6) is 0 Å². The Bertz CT molecular complexity index is 739. The summed E-state index contributed by atoms with van der Waals surface area (Å²) in [6.45, 7) is 10.4. The van der Waals surface area contributed by atoms with Crippen LogP contribution in [0.3, 0.4) is 0 Å². The van der Waals surface area contributed by atoms with E-state index in [1.54, 1.807) is 33.8 Å². The number of rotatable bonds is 2. The van der Waals surface area contributed by atoms with Gasteiger partial charge in [-0.2, -0.15) is 0 Å². The van der Waals surface area contributed by atoms with Gasteiger partial charge in [0, 0.05) is 11.1 Å². The van der Waals surface area contributed by atoms with Crippen molar-refractivity contribution < 1.29 is 29.0 Å². The Kier molecular flexibility index (Phi) is 5.97. The van der Waals surface area contributed by atoms with Crippen molar-refractivity contribution in [2.24, 2.45) is 5.92 Å². The highest BCUT2D eigenvalue weighted by Crippen LogP contribution is 2.37. The molecule has 1 unspecified atom stereocenters. The lowest BCUT2D eigenvalue weighted by Crippen LogP contribution is -2.41. The second-order valence-electron chi connectivity index (χ2n) is 6.77. The molecule has 4 atom stereocenters. The van der Waals surface area contributed by atoms with Gasteiger partial charge in [0.1, 0.15) is 0 Å². The zero-order valence-electron chi connectivity index (χ0n) is 15.4. The lowest BCUT2D eigenvalue weighted by molar-refractivity contribution is -0.157. The number of ether oxygens (including phenoxy) is 2. The largest absolute Gasteiger partial charge is 0.454 e. The SMILES string of the molecule is C=C1C(=O)O[C@@H]2C(OC(=O)/C(C)=C\C)/C(C)=C\C(=O)/C=C(/C)C[C@H](O)[C@@H]12. The van der Waals surface area contributed by atoms with Crippen LogP contribution in [0.4, 0.5) is 0 Å². The molecule has 140 valence electrons. The number of aliphatic hydroxyl groups excluding tert-OH is 1. The van der Waals surface area contributed by atoms with Crippen LogP contribution < -0.4 is 0 Å². The minimum Gasteiger partial charge on any atom is -0.454 e. The summed E-state index contributed by atoms with van der Waals surface area (Å²) in [4.78, 5) is 36.5. The molecule has 1 fully saturated rings. The fourth-order valence-corrected chi connectivity index (χ4v) is 3.16. The molecular formula is C20H24O6. The predicted molar refractivity (Wildman–Crippen MR) is 95.0 cm³/mol. The van der Waals surface area contributed by atoms with E-state index in [1.165, 1.54) is 12.2 Å². The number of fused-ring (bicyclic) bond motifs is 1. The molecule has 1 heterocycles. The standard InChI is InChI=1S/C20H24O6/c1-6-11(3)19(23)25-17-12(4)9-14(21)7-10(2)8-15(22)16-13(5)20(24)26-18(16)17/h6-7,9,15-18,22H,5,8H2,1-4H3/b10-7-,11-6-,12-9-/t15-,16+,17?,18-/m0/s1. The zero-order valence-corrected chi connectivity index (χ0v) is 15.4. The van der Waals surface area contributed by atoms with Crippen LogP contribution in [0.15, 0.2) is 47.1 Å². The molecule has 1 aliphatic carbocycles. The second kappa shape index (κ2) is 7.83. The third-order valence-electron chi connectivity index (χ3n) is 4.70. The smallest absolute Gasteiger partial charge is 0.334 e. The van der Waals surface area contributed by atoms with Crippen molar-refractivity contribution in [3.8, 4) is 0 Å². The van der Waals surface area contributed by atoms with Crippen molar-refractivity contribution in [3.05, 3.63) is 47.1 Å². The van der Waals surface area contributed by atoms with Gasteiger partial charge in [0.15, 0.2) is 18.0 Å². The van der Waals surface area contributed by atoms with E-state index in [4.69, 9.17) is 9.47 Å². The first-order valence-corrected chi connectivity index (χ1v) is 8.46. The summed E-state index contributed by atoms with van der Waals surface area (Å²) in [6, 6.07) is 0. The van der Waals surface area contributed by atoms with Crippen molar-refractivity contribution in [2.75, 3.05) is 0 Å². The molecule has 2 aliphatic rings. The fourth-order valence-electron chi connectivity index (χ4n) is 3.16. The fraction of sp³-hybridized carbons (Fsp3) is 0.450. The number of esters is 2. The average Bonchev–Trinajstić information content (AvgIpc) is 2.85. The molecule has 0 saturated carbocycles. The molecule has 1 saturated heterocycles. The van der Waals surface area contributed by atoms with Gasteiger partial charge in [0.2, 0.25) is 0 Å². The van der Waals surface area contributed by atoms with Crippen LogP contribution in [0, 0.1) is 5.92 Å². The molecule has 0 radical (unpaired) electrons. The van der Waals surface area contributed by atoms with Gasteiger partial charge < -0.3 is 14.6 Å². The normalized spacial score (nSPS) is 34.2. The van der Waals surface area contributed by atoms with Gasteiger partial charge >= 0.3 is 11.9 Å². The number of ketones is 1. The molecular weight excluding hydrogens is 336 g/mol. The molecule has 2 rings (SSSR count). The number of carbonyl (C=O) groups is 3. The van der Waals surface area contributed by atoms with Gasteiger partial charge in [-0.05, 0) is 51.8 Å². The topological polar surface area (TPSA) is 89.9 Å². The van der Waals surface area contributed by atoms with E-state index in [9.17, 15) is 19.5 Å². The summed E-state index contributed by atoms with van der Waals surface area (Å²) in [6.07, 6.45) is 1.65. The summed E-state index contributed by atoms with van der Waals surface area (Å²) < 4.78 is 10.9. The summed E-state index contributed by atoms with van der Waals surface area (Å²) >= 11 is 0. The Morgan fingerprint density at radius 1 is 1.35 bits per heavy atom. The predicted octanol–water partition coefficient (Wildman–Crippen LogP) is 2.19. The molecule has 26 heavy (non-hydrogen) atoms. The highest BCUT2D eigenvalue weighted by molar-refractivity contribution is 6.00. The molecule has 0 amide bonds. The Hall–Kier alpha value is -2.47. The minimum absolute atomic E-state index is 0.138. The number of allylic oxidation sites excluding steroid dienone is 3. The number of hydrogen-bond donors (Lipinski definition) is 1. The van der Waals surface area contributed by atoms with Gasteiger partial charge in [0.05, 0.1) is 12.0 Å². The Morgan fingerprint density at radius 2 is 2.00 bits per heavy atom. The van der Waals surface area contributed by atoms with Crippen LogP contribution in [0.25, 0.3) is 0 Å². The maximum absolute atomic E-state index is 12.3. The molecule has 6 nitrogen and oxygen atoms in total. The van der Waals surface area contributed by atoms with Gasteiger partial charge in [-0.3, -0.25) is 4.79 Å². The van der Waals surface area contributed by atoms with Crippen LogP contribution in [0.2, 0.25) is 0 Å². The lowest BCUT2D eigenvalue weighted by Gasteiger charge is -2.30. The van der Waals surface area contributed by atoms with Gasteiger partial charge in [-0.15, -0.1) is 0 Å². The first-order chi connectivity index (χ1) is 12.1. The Morgan fingerprint density at radius 3 is 2.62 bits per heavy atom. The quantitative estimate of drug-likeness (QED) is 0.600. The van der Waals surface area contributed by atoms with E-state index in [0.29, 0.717) is 16.7 Å². The summed E-state index contributed by atoms with van der Waals surface area (Å²) in [5, 5.41) is 10.6. The van der Waals surface area contributed by atoms with Crippen molar-refractivity contribution in [1.29, 1.82) is 0 Å². The summed E-state index contributed by atoms with van der Waals surface area (Å²) in [5.41, 5.74) is 1.64. The third-order valence-corrected chi connectivity index (χ3v) is 4.70. The van der Waals surface area contributed by atoms with Crippen molar-refractivity contribution in [3.63, 3.8) is 0 Å². The highest BCUT2D eigenvalue weighted by atomic mass is 16.6. The third kappa shape index (κ3) is 4.02. The van der Waals surface area contributed by atoms with Crippen LogP contribution >= 0.6 is 0 Å². The Balaban J connectivity index is 2.52. The van der Waals surface area contributed by atoms with Gasteiger partial charge in [-0.1, -0.05) is 18.2 Å². The first-order valence-electron chi connectivity index (χ1n) is 8.46. The maximum atomic E-state index is 12.3. The number of aliphatic hydroxyl groups is 1. The van der Waals surface area contributed by atoms with E-state index in [1.807, 2.05) is 0 Å². The molecule has 6 heteroatoms. The summed E-state index contributed by atoms with van der Waals surface area (Å²) in [5.74, 6) is -2.23. The molecule has 0 aromatic rings. The summed E-state index contributed by atoms with van der Waals surface area (Å²) in [7, 11) is 0. The average molecular weight is 360 g/mol. The van der Waals surface area contributed by atoms with Crippen LogP contribution in [-0.2, 0) is 23.9 Å². The van der Waals surface area contributed by atoms with E-state index in [2.05, 4.69) is 6.58 Å². The van der Waals surface area contributed by atoms with Gasteiger partial charge in [0.25, 0.3) is 0 Å². The van der Waals surface area contributed by atoms with E-state index >= 15 is 0 Å². The van der Waals surface area contributed by atoms with E-state index in [-0.39, 0.29) is 17.8 Å². The molecule has 1 N–H and O–H groups in total. The molecule has 0 aromatic heterocycles. The van der Waals surface area contributed by atoms with Crippen molar-refractivity contribution in [1.82, 2.24) is 0 Å². The molecule has 0 spiro atoms. The maximum Gasteiger partial charge on any atom is 0.334 e. The van der Waals surface area contributed by atoms with Crippen molar-refractivity contribution in [2.45, 2.75) is 52.4 Å². The number of carbonyl (C=O) groups excluding carboxylic acids is 3. The molecule has 0 aromatic carbocycles. The second-order valence-corrected chi connectivity index (χ2v) is 6.77.